The second kappa shape index (κ2) is 5.96. The van der Waals surface area contributed by atoms with Crippen molar-refractivity contribution in [1.29, 1.82) is 0 Å². The Labute approximate surface area is 105 Å². The molecule has 1 aromatic rings. The third-order valence-corrected chi connectivity index (χ3v) is 3.02. The van der Waals surface area contributed by atoms with Crippen LogP contribution >= 0.6 is 0 Å². The number of hydrogen-bond acceptors (Lipinski definition) is 2. The molecule has 0 spiro atoms. The molecule has 0 radical (unpaired) electrons. The van der Waals surface area contributed by atoms with Gasteiger partial charge in [-0.2, -0.15) is 0 Å². The summed E-state index contributed by atoms with van der Waals surface area (Å²) in [6, 6.07) is 4.71. The summed E-state index contributed by atoms with van der Waals surface area (Å²) in [5.74, 6) is 0.454. The lowest BCUT2D eigenvalue weighted by Gasteiger charge is -2.08. The minimum Gasteiger partial charge on any atom is -0.490 e. The molecule has 1 fully saturated rings. The summed E-state index contributed by atoms with van der Waals surface area (Å²) in [6.45, 7) is 0.715. The summed E-state index contributed by atoms with van der Waals surface area (Å²) >= 11 is 0. The largest absolute Gasteiger partial charge is 0.490 e. The molecule has 2 rings (SSSR count). The average Bonchev–Trinajstić information content (AvgIpc) is 3.19. The molecular formula is C14H17F2NO. The number of halogens is 2. The summed E-state index contributed by atoms with van der Waals surface area (Å²) in [4.78, 5) is 0. The highest BCUT2D eigenvalue weighted by Crippen LogP contribution is 2.30. The van der Waals surface area contributed by atoms with Crippen LogP contribution in [-0.2, 0) is 6.42 Å². The third kappa shape index (κ3) is 3.53. The Morgan fingerprint density at radius 2 is 2.22 bits per heavy atom. The first kappa shape index (κ1) is 13.0. The van der Waals surface area contributed by atoms with Crippen LogP contribution in [0.25, 0.3) is 0 Å². The predicted molar refractivity (Wildman–Crippen MR) is 66.6 cm³/mol. The first-order chi connectivity index (χ1) is 8.72. The van der Waals surface area contributed by atoms with E-state index < -0.39 is 5.82 Å². The molecule has 1 aliphatic rings. The molecule has 0 atom stereocenters. The lowest BCUT2D eigenvalue weighted by atomic mass is 10.1. The van der Waals surface area contributed by atoms with Gasteiger partial charge in [-0.05, 0) is 48.4 Å². The zero-order valence-corrected chi connectivity index (χ0v) is 10.2. The second-order valence-electron chi connectivity index (χ2n) is 4.67. The number of hydrogen-bond donors (Lipinski definition) is 1. The van der Waals surface area contributed by atoms with E-state index in [1.807, 2.05) is 0 Å². The maximum atomic E-state index is 13.7. The minimum absolute atomic E-state index is 0.137. The van der Waals surface area contributed by atoms with E-state index in [1.54, 1.807) is 12.1 Å². The van der Waals surface area contributed by atoms with Crippen LogP contribution in [0.5, 0.6) is 5.75 Å². The Bertz CT molecular complexity index is 441. The SMILES string of the molecule is NC/C(=C/F)Cc1ccc(OCC2CC2)c(F)c1. The van der Waals surface area contributed by atoms with Gasteiger partial charge in [0, 0.05) is 6.54 Å². The summed E-state index contributed by atoms with van der Waals surface area (Å²) < 4.78 is 31.5. The molecule has 0 saturated heterocycles. The first-order valence-corrected chi connectivity index (χ1v) is 6.12. The average molecular weight is 253 g/mol. The molecule has 0 bridgehead atoms. The normalized spacial score (nSPS) is 15.8. The fourth-order valence-corrected chi connectivity index (χ4v) is 1.68. The molecule has 0 aromatic heterocycles. The van der Waals surface area contributed by atoms with E-state index in [4.69, 9.17) is 10.5 Å². The highest BCUT2D eigenvalue weighted by Gasteiger charge is 2.22. The van der Waals surface area contributed by atoms with Gasteiger partial charge in [0.2, 0.25) is 0 Å². The van der Waals surface area contributed by atoms with E-state index in [0.29, 0.717) is 36.4 Å². The van der Waals surface area contributed by atoms with Crippen molar-refractivity contribution in [3.63, 3.8) is 0 Å². The van der Waals surface area contributed by atoms with E-state index in [1.165, 1.54) is 18.9 Å². The van der Waals surface area contributed by atoms with Crippen LogP contribution in [0, 0.1) is 11.7 Å². The summed E-state index contributed by atoms with van der Waals surface area (Å²) in [7, 11) is 0. The Morgan fingerprint density at radius 3 is 2.78 bits per heavy atom. The lowest BCUT2D eigenvalue weighted by Crippen LogP contribution is -2.06. The fourth-order valence-electron chi connectivity index (χ4n) is 1.68. The smallest absolute Gasteiger partial charge is 0.165 e. The van der Waals surface area contributed by atoms with Gasteiger partial charge < -0.3 is 10.5 Å². The van der Waals surface area contributed by atoms with Gasteiger partial charge in [0.25, 0.3) is 0 Å². The van der Waals surface area contributed by atoms with Crippen molar-refractivity contribution in [2.75, 3.05) is 13.2 Å². The molecule has 0 heterocycles. The van der Waals surface area contributed by atoms with Crippen molar-refractivity contribution in [2.24, 2.45) is 11.7 Å². The maximum absolute atomic E-state index is 13.7. The Hall–Kier alpha value is -1.42. The van der Waals surface area contributed by atoms with Crippen LogP contribution < -0.4 is 10.5 Å². The molecule has 0 amide bonds. The Kier molecular flexibility index (Phi) is 4.31. The van der Waals surface area contributed by atoms with Crippen molar-refractivity contribution < 1.29 is 13.5 Å². The predicted octanol–water partition coefficient (Wildman–Crippen LogP) is 2.97. The first-order valence-electron chi connectivity index (χ1n) is 6.12. The summed E-state index contributed by atoms with van der Waals surface area (Å²) in [5.41, 5.74) is 6.50. The molecule has 2 nitrogen and oxygen atoms in total. The van der Waals surface area contributed by atoms with Gasteiger partial charge in [-0.25, -0.2) is 8.78 Å². The van der Waals surface area contributed by atoms with Crippen LogP contribution in [0.1, 0.15) is 18.4 Å². The highest BCUT2D eigenvalue weighted by atomic mass is 19.1. The van der Waals surface area contributed by atoms with Gasteiger partial charge in [-0.1, -0.05) is 6.07 Å². The zero-order chi connectivity index (χ0) is 13.0. The molecule has 4 heteroatoms. The third-order valence-electron chi connectivity index (χ3n) is 3.02. The highest BCUT2D eigenvalue weighted by molar-refractivity contribution is 5.31. The van der Waals surface area contributed by atoms with Gasteiger partial charge in [0.1, 0.15) is 0 Å². The van der Waals surface area contributed by atoms with Gasteiger partial charge in [-0.15, -0.1) is 0 Å². The quantitative estimate of drug-likeness (QED) is 0.846. The number of ether oxygens (including phenoxy) is 1. The van der Waals surface area contributed by atoms with E-state index in [9.17, 15) is 8.78 Å². The van der Waals surface area contributed by atoms with Crippen LogP contribution in [-0.4, -0.2) is 13.2 Å². The maximum Gasteiger partial charge on any atom is 0.165 e. The van der Waals surface area contributed by atoms with Crippen LogP contribution in [0.2, 0.25) is 0 Å². The van der Waals surface area contributed by atoms with Gasteiger partial charge >= 0.3 is 0 Å². The monoisotopic (exact) mass is 253 g/mol. The lowest BCUT2D eigenvalue weighted by molar-refractivity contribution is 0.285. The molecule has 0 aliphatic heterocycles. The Balaban J connectivity index is 1.99. The minimum atomic E-state index is -0.400. The van der Waals surface area contributed by atoms with Gasteiger partial charge in [0.05, 0.1) is 12.9 Å². The summed E-state index contributed by atoms with van der Waals surface area (Å²) in [6.07, 6.45) is 3.14. The topological polar surface area (TPSA) is 35.2 Å². The van der Waals surface area contributed by atoms with Crippen LogP contribution in [0.4, 0.5) is 8.78 Å². The molecular weight excluding hydrogens is 236 g/mol. The standard InChI is InChI=1S/C14H17F2NO/c15-7-12(8-17)5-11-3-4-14(13(16)6-11)18-9-10-1-2-10/h3-4,6-7,10H,1-2,5,8-9,17H2/b12-7+. The van der Waals surface area contributed by atoms with Crippen molar-refractivity contribution in [2.45, 2.75) is 19.3 Å². The van der Waals surface area contributed by atoms with Gasteiger partial charge in [-0.3, -0.25) is 0 Å². The Morgan fingerprint density at radius 1 is 1.44 bits per heavy atom. The van der Waals surface area contributed by atoms with Crippen molar-refractivity contribution in [3.8, 4) is 5.75 Å². The molecule has 1 aliphatic carbocycles. The van der Waals surface area contributed by atoms with E-state index in [0.717, 1.165) is 0 Å². The van der Waals surface area contributed by atoms with Crippen LogP contribution in [0.3, 0.4) is 0 Å². The van der Waals surface area contributed by atoms with Crippen molar-refractivity contribution >= 4 is 0 Å². The van der Waals surface area contributed by atoms with Crippen molar-refractivity contribution in [1.82, 2.24) is 0 Å². The molecule has 0 unspecified atom stereocenters. The van der Waals surface area contributed by atoms with E-state index in [2.05, 4.69) is 0 Å². The molecule has 1 aromatic carbocycles. The summed E-state index contributed by atoms with van der Waals surface area (Å²) in [5, 5.41) is 0. The second-order valence-corrected chi connectivity index (χ2v) is 4.67. The number of rotatable bonds is 6. The molecule has 1 saturated carbocycles. The number of benzene rings is 1. The van der Waals surface area contributed by atoms with E-state index in [-0.39, 0.29) is 12.3 Å². The molecule has 98 valence electrons. The van der Waals surface area contributed by atoms with E-state index >= 15 is 0 Å². The number of nitrogens with two attached hydrogens (primary N) is 1. The van der Waals surface area contributed by atoms with Gasteiger partial charge in [0.15, 0.2) is 11.6 Å². The molecule has 2 N–H and O–H groups in total. The van der Waals surface area contributed by atoms with Crippen LogP contribution in [0.15, 0.2) is 30.1 Å². The zero-order valence-electron chi connectivity index (χ0n) is 10.2. The molecule has 18 heavy (non-hydrogen) atoms. The fraction of sp³-hybridized carbons (Fsp3) is 0.429. The van der Waals surface area contributed by atoms with Crippen molar-refractivity contribution in [3.05, 3.63) is 41.5 Å².